The number of nitrogens with two attached hydrogens (primary N) is 1. The zero-order valence-corrected chi connectivity index (χ0v) is 11.4. The lowest BCUT2D eigenvalue weighted by Crippen LogP contribution is -2.29. The molecule has 1 amide bonds. The van der Waals surface area contributed by atoms with Crippen LogP contribution in [0, 0.1) is 0 Å². The molecule has 3 N–H and O–H groups in total. The van der Waals surface area contributed by atoms with E-state index in [1.54, 1.807) is 0 Å². The summed E-state index contributed by atoms with van der Waals surface area (Å²) in [6.07, 6.45) is 5.47. The third-order valence-corrected chi connectivity index (χ3v) is 3.07. The summed E-state index contributed by atoms with van der Waals surface area (Å²) in [5.74, 6) is 4.93. The number of rotatable bonds is 8. The van der Waals surface area contributed by atoms with Crippen molar-refractivity contribution in [1.82, 2.24) is 15.2 Å². The summed E-state index contributed by atoms with van der Waals surface area (Å²) in [5, 5.41) is 4.57. The monoisotopic (exact) mass is 252 g/mol. The van der Waals surface area contributed by atoms with Gasteiger partial charge in [0.25, 0.3) is 0 Å². The van der Waals surface area contributed by atoms with E-state index in [9.17, 15) is 4.79 Å². The van der Waals surface area contributed by atoms with Gasteiger partial charge in [0.1, 0.15) is 0 Å². The zero-order chi connectivity index (χ0) is 13.4. The van der Waals surface area contributed by atoms with E-state index in [-0.39, 0.29) is 5.91 Å². The first-order chi connectivity index (χ1) is 8.71. The topological polar surface area (TPSA) is 72.9 Å². The Morgan fingerprint density at radius 2 is 2.11 bits per heavy atom. The van der Waals surface area contributed by atoms with Crippen molar-refractivity contribution < 1.29 is 4.79 Å². The number of hydrogen-bond donors (Lipinski definition) is 2. The average Bonchev–Trinajstić information content (AvgIpc) is 2.80. The van der Waals surface area contributed by atoms with Crippen LogP contribution in [0.25, 0.3) is 0 Å². The summed E-state index contributed by atoms with van der Waals surface area (Å²) in [4.78, 5) is 10.9. The number of aryl methyl sites for hydroxylation is 3. The summed E-state index contributed by atoms with van der Waals surface area (Å²) in [5.41, 5.74) is 4.61. The van der Waals surface area contributed by atoms with Gasteiger partial charge in [-0.15, -0.1) is 0 Å². The van der Waals surface area contributed by atoms with Crippen LogP contribution in [0.1, 0.15) is 50.9 Å². The van der Waals surface area contributed by atoms with E-state index in [0.29, 0.717) is 6.42 Å². The van der Waals surface area contributed by atoms with Crippen LogP contribution in [0.2, 0.25) is 0 Å². The molecule has 0 bridgehead atoms. The second-order valence-electron chi connectivity index (χ2n) is 4.44. The molecule has 1 heterocycles. The molecule has 102 valence electrons. The molecule has 0 aliphatic heterocycles. The van der Waals surface area contributed by atoms with Gasteiger partial charge in [-0.05, 0) is 31.7 Å². The second kappa shape index (κ2) is 7.87. The highest BCUT2D eigenvalue weighted by Gasteiger charge is 2.05. The smallest absolute Gasteiger partial charge is 0.233 e. The van der Waals surface area contributed by atoms with E-state index < -0.39 is 0 Å². The van der Waals surface area contributed by atoms with E-state index in [1.165, 1.54) is 5.69 Å². The molecule has 0 saturated heterocycles. The lowest BCUT2D eigenvalue weighted by molar-refractivity contribution is -0.121. The van der Waals surface area contributed by atoms with Crippen LogP contribution in [0.5, 0.6) is 0 Å². The fourth-order valence-corrected chi connectivity index (χ4v) is 1.96. The highest BCUT2D eigenvalue weighted by atomic mass is 16.2. The second-order valence-corrected chi connectivity index (χ2v) is 4.44. The molecule has 18 heavy (non-hydrogen) atoms. The maximum absolute atomic E-state index is 10.9. The van der Waals surface area contributed by atoms with Crippen LogP contribution < -0.4 is 11.3 Å². The summed E-state index contributed by atoms with van der Waals surface area (Å²) >= 11 is 0. The number of amides is 1. The number of hydrazine groups is 1. The number of carbonyl (C=O) groups is 1. The molecule has 0 aromatic carbocycles. The van der Waals surface area contributed by atoms with Crippen molar-refractivity contribution in [2.45, 2.75) is 58.9 Å². The van der Waals surface area contributed by atoms with Crippen molar-refractivity contribution in [3.63, 3.8) is 0 Å². The molecule has 0 aliphatic rings. The summed E-state index contributed by atoms with van der Waals surface area (Å²) in [6, 6.07) is 2.18. The van der Waals surface area contributed by atoms with E-state index >= 15 is 0 Å². The van der Waals surface area contributed by atoms with Gasteiger partial charge in [-0.2, -0.15) is 5.10 Å². The minimum atomic E-state index is -0.0865. The van der Waals surface area contributed by atoms with Gasteiger partial charge in [0.2, 0.25) is 5.91 Å². The fourth-order valence-electron chi connectivity index (χ4n) is 1.96. The van der Waals surface area contributed by atoms with Crippen LogP contribution in [-0.2, 0) is 24.2 Å². The van der Waals surface area contributed by atoms with E-state index in [1.807, 2.05) is 0 Å². The Balaban J connectivity index is 2.30. The van der Waals surface area contributed by atoms with Gasteiger partial charge in [0.15, 0.2) is 0 Å². The molecular formula is C13H24N4O. The molecule has 1 aromatic rings. The quantitative estimate of drug-likeness (QED) is 0.319. The number of nitrogens with one attached hydrogen (secondary N) is 1. The predicted molar refractivity (Wildman–Crippen MR) is 71.8 cm³/mol. The highest BCUT2D eigenvalue weighted by Crippen LogP contribution is 2.09. The van der Waals surface area contributed by atoms with Crippen molar-refractivity contribution in [2.24, 2.45) is 5.84 Å². The Hall–Kier alpha value is -1.36. The minimum absolute atomic E-state index is 0.0865. The molecule has 1 rings (SSSR count). The Labute approximate surface area is 109 Å². The Morgan fingerprint density at radius 3 is 2.72 bits per heavy atom. The van der Waals surface area contributed by atoms with E-state index in [2.05, 4.69) is 35.1 Å². The summed E-state index contributed by atoms with van der Waals surface area (Å²) < 4.78 is 2.10. The summed E-state index contributed by atoms with van der Waals surface area (Å²) in [7, 11) is 0. The molecule has 0 saturated carbocycles. The molecule has 0 fully saturated rings. The van der Waals surface area contributed by atoms with E-state index in [4.69, 9.17) is 5.84 Å². The van der Waals surface area contributed by atoms with Crippen LogP contribution >= 0.6 is 0 Å². The van der Waals surface area contributed by atoms with Crippen molar-refractivity contribution in [3.8, 4) is 0 Å². The van der Waals surface area contributed by atoms with Gasteiger partial charge < -0.3 is 0 Å². The number of aromatic nitrogens is 2. The normalized spacial score (nSPS) is 10.6. The highest BCUT2D eigenvalue weighted by molar-refractivity contribution is 5.74. The van der Waals surface area contributed by atoms with Gasteiger partial charge >= 0.3 is 0 Å². The Bertz CT molecular complexity index is 373. The van der Waals surface area contributed by atoms with Gasteiger partial charge in [-0.3, -0.25) is 14.9 Å². The number of unbranched alkanes of at least 4 members (excludes halogenated alkanes) is 2. The predicted octanol–water partition coefficient (Wildman–Crippen LogP) is 1.56. The average molecular weight is 252 g/mol. The molecule has 0 unspecified atom stereocenters. The maximum Gasteiger partial charge on any atom is 0.233 e. The Kier molecular flexibility index (Phi) is 6.43. The van der Waals surface area contributed by atoms with Crippen LogP contribution in [-0.4, -0.2) is 15.7 Å². The largest absolute Gasteiger partial charge is 0.294 e. The van der Waals surface area contributed by atoms with Crippen LogP contribution in [0.4, 0.5) is 0 Å². The van der Waals surface area contributed by atoms with Crippen molar-refractivity contribution in [2.75, 3.05) is 0 Å². The van der Waals surface area contributed by atoms with Crippen LogP contribution in [0.15, 0.2) is 6.07 Å². The SMILES string of the molecule is CCc1cc(CC)n(CCCCCC(=O)NN)n1. The minimum Gasteiger partial charge on any atom is -0.294 e. The maximum atomic E-state index is 10.9. The molecule has 0 spiro atoms. The zero-order valence-electron chi connectivity index (χ0n) is 11.4. The van der Waals surface area contributed by atoms with Gasteiger partial charge in [0, 0.05) is 18.7 Å². The van der Waals surface area contributed by atoms with Crippen molar-refractivity contribution in [3.05, 3.63) is 17.5 Å². The first-order valence-electron chi connectivity index (χ1n) is 6.76. The van der Waals surface area contributed by atoms with Gasteiger partial charge in [0.05, 0.1) is 5.69 Å². The van der Waals surface area contributed by atoms with Crippen molar-refractivity contribution >= 4 is 5.91 Å². The van der Waals surface area contributed by atoms with Gasteiger partial charge in [-0.25, -0.2) is 5.84 Å². The molecule has 5 nitrogen and oxygen atoms in total. The van der Waals surface area contributed by atoms with Crippen molar-refractivity contribution in [1.29, 1.82) is 0 Å². The fraction of sp³-hybridized carbons (Fsp3) is 0.692. The molecule has 0 aliphatic carbocycles. The number of hydrogen-bond acceptors (Lipinski definition) is 3. The Morgan fingerprint density at radius 1 is 1.33 bits per heavy atom. The van der Waals surface area contributed by atoms with Crippen LogP contribution in [0.3, 0.4) is 0 Å². The third-order valence-electron chi connectivity index (χ3n) is 3.07. The molecule has 0 radical (unpaired) electrons. The van der Waals surface area contributed by atoms with E-state index in [0.717, 1.165) is 44.3 Å². The number of carbonyl (C=O) groups excluding carboxylic acids is 1. The molecule has 1 aromatic heterocycles. The molecule has 5 heteroatoms. The lowest BCUT2D eigenvalue weighted by atomic mass is 10.2. The number of nitrogens with zero attached hydrogens (tertiary/aromatic N) is 2. The molecular weight excluding hydrogens is 228 g/mol. The first-order valence-corrected chi connectivity index (χ1v) is 6.76. The lowest BCUT2D eigenvalue weighted by Gasteiger charge is -2.05. The summed E-state index contributed by atoms with van der Waals surface area (Å²) in [6.45, 7) is 5.21. The standard InChI is InChI=1S/C13H24N4O/c1-3-11-10-12(4-2)17(16-11)9-7-5-6-8-13(18)15-14/h10H,3-9,14H2,1-2H3,(H,15,18). The first kappa shape index (κ1) is 14.7. The third kappa shape index (κ3) is 4.49. The molecule has 0 atom stereocenters. The van der Waals surface area contributed by atoms with Gasteiger partial charge in [-0.1, -0.05) is 20.3 Å².